The average molecular weight is 441 g/mol. The molecular weight excluding hydrogens is 412 g/mol. The Morgan fingerprint density at radius 2 is 1.84 bits per heavy atom. The van der Waals surface area contributed by atoms with Crippen LogP contribution in [0.25, 0.3) is 10.2 Å². The highest BCUT2D eigenvalue weighted by Gasteiger charge is 2.25. The number of ether oxygens (including phenoxy) is 1. The van der Waals surface area contributed by atoms with Crippen molar-refractivity contribution < 1.29 is 9.53 Å². The van der Waals surface area contributed by atoms with Crippen molar-refractivity contribution in [3.8, 4) is 0 Å². The van der Waals surface area contributed by atoms with Crippen LogP contribution in [0.1, 0.15) is 52.3 Å². The van der Waals surface area contributed by atoms with Gasteiger partial charge in [-0.15, -0.1) is 11.3 Å². The largest absolute Gasteiger partial charge is 0.462 e. The van der Waals surface area contributed by atoms with Crippen LogP contribution in [0.15, 0.2) is 6.07 Å². The van der Waals surface area contributed by atoms with Crippen LogP contribution in [0.3, 0.4) is 0 Å². The number of carbonyl (C=O) groups is 1. The van der Waals surface area contributed by atoms with E-state index in [9.17, 15) is 4.79 Å². The summed E-state index contributed by atoms with van der Waals surface area (Å²) in [4.78, 5) is 34.3. The predicted molar refractivity (Wildman–Crippen MR) is 123 cm³/mol. The maximum absolute atomic E-state index is 12.3. The second kappa shape index (κ2) is 8.74. The number of nitrogens with one attached hydrogen (secondary N) is 1. The van der Waals surface area contributed by atoms with Gasteiger partial charge in [-0.1, -0.05) is 0 Å². The number of nitrogens with zero attached hydrogens (tertiary/aromatic N) is 5. The molecule has 4 heterocycles. The summed E-state index contributed by atoms with van der Waals surface area (Å²) in [7, 11) is 0. The number of carbonyl (C=O) groups excluding carboxylic acids is 1. The second-order valence-electron chi connectivity index (χ2n) is 7.90. The average Bonchev–Trinajstić information content (AvgIpc) is 3.04. The lowest BCUT2D eigenvalue weighted by Crippen LogP contribution is -2.39. The number of rotatable bonds is 5. The Labute approximate surface area is 186 Å². The molecule has 8 nitrogen and oxygen atoms in total. The zero-order chi connectivity index (χ0) is 22.1. The molecule has 164 valence electrons. The smallest absolute Gasteiger partial charge is 0.348 e. The maximum Gasteiger partial charge on any atom is 0.348 e. The molecule has 31 heavy (non-hydrogen) atoms. The van der Waals surface area contributed by atoms with Crippen LogP contribution in [0.4, 0.5) is 11.6 Å². The molecule has 9 heteroatoms. The van der Waals surface area contributed by atoms with Crippen molar-refractivity contribution in [3.63, 3.8) is 0 Å². The van der Waals surface area contributed by atoms with E-state index >= 15 is 0 Å². The molecule has 0 radical (unpaired) electrons. The standard InChI is InChI=1S/C22H28N6O2S/c1-6-30-22(29)19-13(3)18-20(25-15(5)26-21(18)31-19)27-16-7-9-28(10-8-16)17-11-12(2)23-14(4)24-17/h11,16H,6-10H2,1-5H3,(H,25,26,27). The highest BCUT2D eigenvalue weighted by Crippen LogP contribution is 2.35. The minimum absolute atomic E-state index is 0.295. The number of aromatic nitrogens is 4. The van der Waals surface area contributed by atoms with Gasteiger partial charge < -0.3 is 15.0 Å². The van der Waals surface area contributed by atoms with Crippen molar-refractivity contribution in [2.24, 2.45) is 0 Å². The molecule has 1 aliphatic rings. The molecule has 1 saturated heterocycles. The first-order valence-corrected chi connectivity index (χ1v) is 11.5. The number of thiophene rings is 1. The topological polar surface area (TPSA) is 93.1 Å². The summed E-state index contributed by atoms with van der Waals surface area (Å²) in [6.07, 6.45) is 1.95. The van der Waals surface area contributed by atoms with Crippen molar-refractivity contribution in [3.05, 3.63) is 33.8 Å². The molecule has 1 aliphatic heterocycles. The van der Waals surface area contributed by atoms with Gasteiger partial charge in [-0.2, -0.15) is 0 Å². The quantitative estimate of drug-likeness (QED) is 0.596. The molecule has 0 amide bonds. The third kappa shape index (κ3) is 4.46. The van der Waals surface area contributed by atoms with Crippen LogP contribution in [0, 0.1) is 27.7 Å². The molecule has 0 aliphatic carbocycles. The van der Waals surface area contributed by atoms with Gasteiger partial charge in [0.05, 0.1) is 12.0 Å². The number of anilines is 2. The molecule has 0 aromatic carbocycles. The molecule has 0 spiro atoms. The Morgan fingerprint density at radius 1 is 1.13 bits per heavy atom. The summed E-state index contributed by atoms with van der Waals surface area (Å²) in [5, 5.41) is 4.55. The molecule has 4 rings (SSSR count). The predicted octanol–water partition coefficient (Wildman–Crippen LogP) is 3.97. The highest BCUT2D eigenvalue weighted by atomic mass is 32.1. The lowest BCUT2D eigenvalue weighted by Gasteiger charge is -2.33. The van der Waals surface area contributed by atoms with Crippen LogP contribution in [-0.4, -0.2) is 51.6 Å². The number of esters is 1. The van der Waals surface area contributed by atoms with Gasteiger partial charge in [-0.05, 0) is 53.0 Å². The van der Waals surface area contributed by atoms with Crippen LogP contribution < -0.4 is 10.2 Å². The fourth-order valence-corrected chi connectivity index (χ4v) is 5.17. The van der Waals surface area contributed by atoms with Crippen molar-refractivity contribution in [1.82, 2.24) is 19.9 Å². The van der Waals surface area contributed by atoms with E-state index in [1.165, 1.54) is 11.3 Å². The summed E-state index contributed by atoms with van der Waals surface area (Å²) in [5.74, 6) is 3.00. The van der Waals surface area contributed by atoms with Crippen molar-refractivity contribution >= 4 is 39.2 Å². The first kappa shape index (κ1) is 21.4. The fraction of sp³-hybridized carbons (Fsp3) is 0.500. The van der Waals surface area contributed by atoms with Gasteiger partial charge in [0.1, 0.15) is 33.0 Å². The van der Waals surface area contributed by atoms with Crippen LogP contribution in [-0.2, 0) is 4.74 Å². The summed E-state index contributed by atoms with van der Waals surface area (Å²) < 4.78 is 5.22. The van der Waals surface area contributed by atoms with E-state index in [4.69, 9.17) is 4.74 Å². The second-order valence-corrected chi connectivity index (χ2v) is 8.90. The third-order valence-electron chi connectivity index (χ3n) is 5.48. The molecule has 3 aromatic heterocycles. The molecule has 0 bridgehead atoms. The summed E-state index contributed by atoms with van der Waals surface area (Å²) >= 11 is 1.37. The number of piperidine rings is 1. The van der Waals surface area contributed by atoms with Crippen molar-refractivity contribution in [2.75, 3.05) is 29.9 Å². The number of hydrogen-bond acceptors (Lipinski definition) is 9. The summed E-state index contributed by atoms with van der Waals surface area (Å²) in [6, 6.07) is 2.34. The summed E-state index contributed by atoms with van der Waals surface area (Å²) in [6.45, 7) is 11.8. The Morgan fingerprint density at radius 3 is 2.52 bits per heavy atom. The van der Waals surface area contributed by atoms with E-state index in [-0.39, 0.29) is 5.97 Å². The zero-order valence-corrected chi connectivity index (χ0v) is 19.5. The lowest BCUT2D eigenvalue weighted by atomic mass is 10.0. The SMILES string of the molecule is CCOC(=O)c1sc2nc(C)nc(NC3CCN(c4cc(C)nc(C)n4)CC3)c2c1C. The number of fused-ring (bicyclic) bond motifs is 1. The number of aryl methyl sites for hydroxylation is 4. The van der Waals surface area contributed by atoms with Crippen LogP contribution in [0.5, 0.6) is 0 Å². The van der Waals surface area contributed by atoms with E-state index in [1.807, 2.05) is 40.7 Å². The van der Waals surface area contributed by atoms with Gasteiger partial charge in [0.2, 0.25) is 0 Å². The van der Waals surface area contributed by atoms with Crippen molar-refractivity contribution in [2.45, 2.75) is 53.5 Å². The molecule has 1 fully saturated rings. The molecule has 0 saturated carbocycles. The third-order valence-corrected chi connectivity index (χ3v) is 6.64. The molecule has 1 N–H and O–H groups in total. The van der Waals surface area contributed by atoms with Crippen molar-refractivity contribution in [1.29, 1.82) is 0 Å². The van der Waals surface area contributed by atoms with Crippen LogP contribution >= 0.6 is 11.3 Å². The Bertz CT molecular complexity index is 1100. The van der Waals surface area contributed by atoms with E-state index in [0.717, 1.165) is 64.9 Å². The van der Waals surface area contributed by atoms with E-state index in [0.29, 0.717) is 23.4 Å². The first-order chi connectivity index (χ1) is 14.9. The van der Waals surface area contributed by atoms with Gasteiger partial charge in [-0.25, -0.2) is 24.7 Å². The highest BCUT2D eigenvalue weighted by molar-refractivity contribution is 7.20. The van der Waals surface area contributed by atoms with Crippen LogP contribution in [0.2, 0.25) is 0 Å². The minimum Gasteiger partial charge on any atom is -0.462 e. The lowest BCUT2D eigenvalue weighted by molar-refractivity contribution is 0.0531. The van der Waals surface area contributed by atoms with E-state index in [1.54, 1.807) is 0 Å². The van der Waals surface area contributed by atoms with Gasteiger partial charge in [0.25, 0.3) is 0 Å². The Hall–Kier alpha value is -2.81. The van der Waals surface area contributed by atoms with Gasteiger partial charge in [0, 0.05) is 30.9 Å². The normalized spacial score (nSPS) is 14.8. The zero-order valence-electron chi connectivity index (χ0n) is 18.7. The Kier molecular flexibility index (Phi) is 6.04. The Balaban J connectivity index is 1.53. The van der Waals surface area contributed by atoms with Gasteiger partial charge in [0.15, 0.2) is 0 Å². The van der Waals surface area contributed by atoms with Gasteiger partial charge in [-0.3, -0.25) is 0 Å². The fourth-order valence-electron chi connectivity index (χ4n) is 4.05. The summed E-state index contributed by atoms with van der Waals surface area (Å²) in [5.41, 5.74) is 1.87. The van der Waals surface area contributed by atoms with E-state index < -0.39 is 0 Å². The van der Waals surface area contributed by atoms with Gasteiger partial charge >= 0.3 is 5.97 Å². The minimum atomic E-state index is -0.296. The molecule has 0 atom stereocenters. The van der Waals surface area contributed by atoms with E-state index in [2.05, 4.69) is 30.2 Å². The molecule has 0 unspecified atom stereocenters. The first-order valence-electron chi connectivity index (χ1n) is 10.6. The number of hydrogen-bond donors (Lipinski definition) is 1. The molecular formula is C22H28N6O2S. The monoisotopic (exact) mass is 440 g/mol. The maximum atomic E-state index is 12.3. The molecule has 3 aromatic rings.